The first-order valence-electron chi connectivity index (χ1n) is 5.92. The number of methoxy groups -OCH3 is 1. The van der Waals surface area contributed by atoms with Gasteiger partial charge in [0.15, 0.2) is 0 Å². The van der Waals surface area contributed by atoms with Crippen LogP contribution in [0.5, 0.6) is 0 Å². The Balaban J connectivity index is 2.76. The molecule has 1 N–H and O–H groups in total. The molecule has 2 heteroatoms. The maximum absolute atomic E-state index is 5.25. The van der Waals surface area contributed by atoms with Gasteiger partial charge in [-0.25, -0.2) is 0 Å². The van der Waals surface area contributed by atoms with E-state index in [0.717, 1.165) is 13.2 Å². The Morgan fingerprint density at radius 2 is 1.69 bits per heavy atom. The van der Waals surface area contributed by atoms with Crippen LogP contribution < -0.4 is 5.32 Å². The molecule has 1 rings (SSSR count). The maximum atomic E-state index is 5.25. The van der Waals surface area contributed by atoms with E-state index in [1.165, 1.54) is 11.1 Å². The minimum atomic E-state index is 0.441. The Morgan fingerprint density at radius 3 is 2.12 bits per heavy atom. The zero-order valence-electron chi connectivity index (χ0n) is 10.8. The molecular formula is C14H23NO. The fourth-order valence-electron chi connectivity index (χ4n) is 1.87. The van der Waals surface area contributed by atoms with E-state index in [2.05, 4.69) is 43.4 Å². The molecule has 0 heterocycles. The third kappa shape index (κ3) is 3.62. The zero-order chi connectivity index (χ0) is 12.0. The third-order valence-corrected chi connectivity index (χ3v) is 2.89. The molecule has 0 saturated carbocycles. The largest absolute Gasteiger partial charge is 0.384 e. The van der Waals surface area contributed by atoms with Crippen molar-refractivity contribution < 1.29 is 4.74 Å². The highest BCUT2D eigenvalue weighted by atomic mass is 16.5. The first-order chi connectivity index (χ1) is 7.69. The molecule has 0 aliphatic rings. The predicted molar refractivity (Wildman–Crippen MR) is 69.1 cm³/mol. The average molecular weight is 221 g/mol. The van der Waals surface area contributed by atoms with Crippen molar-refractivity contribution in [2.75, 3.05) is 27.3 Å². The smallest absolute Gasteiger partial charge is 0.0543 e. The van der Waals surface area contributed by atoms with E-state index in [-0.39, 0.29) is 0 Å². The lowest BCUT2D eigenvalue weighted by Crippen LogP contribution is -2.20. The predicted octanol–water partition coefficient (Wildman–Crippen LogP) is 2.76. The molecule has 0 bridgehead atoms. The summed E-state index contributed by atoms with van der Waals surface area (Å²) >= 11 is 0. The van der Waals surface area contributed by atoms with Gasteiger partial charge in [-0.05, 0) is 24.1 Å². The van der Waals surface area contributed by atoms with Crippen molar-refractivity contribution in [2.45, 2.75) is 25.7 Å². The highest BCUT2D eigenvalue weighted by Crippen LogP contribution is 2.20. The van der Waals surface area contributed by atoms with Crippen LogP contribution in [0.2, 0.25) is 0 Å². The van der Waals surface area contributed by atoms with Crippen molar-refractivity contribution in [1.82, 2.24) is 5.32 Å². The normalized spacial score (nSPS) is 13.1. The molecule has 0 aromatic heterocycles. The van der Waals surface area contributed by atoms with Crippen molar-refractivity contribution in [3.63, 3.8) is 0 Å². The van der Waals surface area contributed by atoms with Gasteiger partial charge in [-0.2, -0.15) is 0 Å². The fourth-order valence-corrected chi connectivity index (χ4v) is 1.87. The number of hydrogen-bond donors (Lipinski definition) is 1. The number of likely N-dealkylation sites (N-methyl/N-ethyl adjacent to an activating group) is 1. The molecule has 90 valence electrons. The van der Waals surface area contributed by atoms with Crippen molar-refractivity contribution in [2.24, 2.45) is 0 Å². The molecule has 1 aromatic rings. The maximum Gasteiger partial charge on any atom is 0.0543 e. The summed E-state index contributed by atoms with van der Waals surface area (Å²) in [5, 5.41) is 3.21. The lowest BCUT2D eigenvalue weighted by atomic mass is 9.95. The Morgan fingerprint density at radius 1 is 1.12 bits per heavy atom. The van der Waals surface area contributed by atoms with E-state index < -0.39 is 0 Å². The Hall–Kier alpha value is -0.860. The summed E-state index contributed by atoms with van der Waals surface area (Å²) in [4.78, 5) is 0. The molecule has 16 heavy (non-hydrogen) atoms. The van der Waals surface area contributed by atoms with E-state index in [9.17, 15) is 0 Å². The van der Waals surface area contributed by atoms with Gasteiger partial charge in [-0.1, -0.05) is 38.1 Å². The molecule has 0 aliphatic heterocycles. The second kappa shape index (κ2) is 6.66. The number of rotatable bonds is 6. The van der Waals surface area contributed by atoms with Crippen molar-refractivity contribution in [3.8, 4) is 0 Å². The van der Waals surface area contributed by atoms with Crippen LogP contribution in [0.4, 0.5) is 0 Å². The number of hydrogen-bond acceptors (Lipinski definition) is 2. The molecular weight excluding hydrogens is 198 g/mol. The summed E-state index contributed by atoms with van der Waals surface area (Å²) in [7, 11) is 3.73. The summed E-state index contributed by atoms with van der Waals surface area (Å²) in [6.45, 7) is 6.15. The van der Waals surface area contributed by atoms with Gasteiger partial charge in [0, 0.05) is 19.6 Å². The van der Waals surface area contributed by atoms with Crippen LogP contribution in [0.25, 0.3) is 0 Å². The molecule has 1 aromatic carbocycles. The molecule has 2 nitrogen and oxygen atoms in total. The molecule has 0 spiro atoms. The van der Waals surface area contributed by atoms with Crippen molar-refractivity contribution in [1.29, 1.82) is 0 Å². The quantitative estimate of drug-likeness (QED) is 0.797. The van der Waals surface area contributed by atoms with Crippen LogP contribution in [0.15, 0.2) is 24.3 Å². The van der Waals surface area contributed by atoms with E-state index in [1.54, 1.807) is 7.11 Å². The minimum Gasteiger partial charge on any atom is -0.384 e. The van der Waals surface area contributed by atoms with Gasteiger partial charge in [0.05, 0.1) is 6.61 Å². The van der Waals surface area contributed by atoms with E-state index in [0.29, 0.717) is 11.8 Å². The van der Waals surface area contributed by atoms with E-state index in [4.69, 9.17) is 4.74 Å². The van der Waals surface area contributed by atoms with Crippen LogP contribution in [0, 0.1) is 0 Å². The van der Waals surface area contributed by atoms with Crippen molar-refractivity contribution >= 4 is 0 Å². The van der Waals surface area contributed by atoms with E-state index >= 15 is 0 Å². The Bertz CT molecular complexity index is 286. The van der Waals surface area contributed by atoms with Crippen molar-refractivity contribution in [3.05, 3.63) is 35.4 Å². The molecule has 1 unspecified atom stereocenters. The highest BCUT2D eigenvalue weighted by molar-refractivity contribution is 5.27. The summed E-state index contributed by atoms with van der Waals surface area (Å²) in [5.41, 5.74) is 2.74. The van der Waals surface area contributed by atoms with Gasteiger partial charge in [-0.3, -0.25) is 0 Å². The van der Waals surface area contributed by atoms with Gasteiger partial charge >= 0.3 is 0 Å². The summed E-state index contributed by atoms with van der Waals surface area (Å²) < 4.78 is 5.25. The number of benzene rings is 1. The molecule has 1 atom stereocenters. The number of nitrogens with one attached hydrogen (secondary N) is 1. The summed E-state index contributed by atoms with van der Waals surface area (Å²) in [6.07, 6.45) is 0. The summed E-state index contributed by atoms with van der Waals surface area (Å²) in [5.74, 6) is 1.04. The minimum absolute atomic E-state index is 0.441. The second-order valence-electron chi connectivity index (χ2n) is 4.53. The Labute approximate surface area is 99.0 Å². The van der Waals surface area contributed by atoms with Gasteiger partial charge in [0.25, 0.3) is 0 Å². The lowest BCUT2D eigenvalue weighted by molar-refractivity contribution is 0.178. The van der Waals surface area contributed by atoms with Crippen LogP contribution in [-0.2, 0) is 4.74 Å². The molecule has 0 radical (unpaired) electrons. The standard InChI is InChI=1S/C14H23NO/c1-11(2)12-5-7-13(8-6-12)14(9-15-3)10-16-4/h5-8,11,14-15H,9-10H2,1-4H3. The topological polar surface area (TPSA) is 21.3 Å². The first kappa shape index (κ1) is 13.2. The van der Waals surface area contributed by atoms with Gasteiger partial charge in [0.2, 0.25) is 0 Å². The first-order valence-corrected chi connectivity index (χ1v) is 5.92. The average Bonchev–Trinajstić information content (AvgIpc) is 2.29. The van der Waals surface area contributed by atoms with Crippen LogP contribution in [0.1, 0.15) is 36.8 Å². The van der Waals surface area contributed by atoms with Crippen LogP contribution >= 0.6 is 0 Å². The van der Waals surface area contributed by atoms with Crippen LogP contribution in [0.3, 0.4) is 0 Å². The van der Waals surface area contributed by atoms with Gasteiger partial charge in [-0.15, -0.1) is 0 Å². The van der Waals surface area contributed by atoms with Gasteiger partial charge < -0.3 is 10.1 Å². The molecule has 0 fully saturated rings. The zero-order valence-corrected chi connectivity index (χ0v) is 10.8. The molecule has 0 amide bonds. The Kier molecular flexibility index (Phi) is 5.50. The van der Waals surface area contributed by atoms with Crippen LogP contribution in [-0.4, -0.2) is 27.3 Å². The fraction of sp³-hybridized carbons (Fsp3) is 0.571. The molecule has 0 aliphatic carbocycles. The highest BCUT2D eigenvalue weighted by Gasteiger charge is 2.10. The molecule has 0 saturated heterocycles. The SMILES string of the molecule is CNCC(COC)c1ccc(C(C)C)cc1. The third-order valence-electron chi connectivity index (χ3n) is 2.89. The monoisotopic (exact) mass is 221 g/mol. The van der Waals surface area contributed by atoms with E-state index in [1.807, 2.05) is 7.05 Å². The number of ether oxygens (including phenoxy) is 1. The van der Waals surface area contributed by atoms with Gasteiger partial charge in [0.1, 0.15) is 0 Å². The lowest BCUT2D eigenvalue weighted by Gasteiger charge is -2.17. The summed E-state index contributed by atoms with van der Waals surface area (Å²) in [6, 6.07) is 8.88. The second-order valence-corrected chi connectivity index (χ2v) is 4.53.